The van der Waals surface area contributed by atoms with E-state index in [9.17, 15) is 10.2 Å². The number of rotatable bonds is 1. The summed E-state index contributed by atoms with van der Waals surface area (Å²) in [5, 5.41) is 19.6. The van der Waals surface area contributed by atoms with Crippen molar-refractivity contribution in [3.8, 4) is 11.5 Å². The standard InChI is InChI=1S/C14H21NO3.ClH/c1-14(2,3)12-6-9-8(11(7-15)18-12)4-5-10(16)13(9)17;/h4-5,11-12,16-17H,6-7,15H2,1-3H3;1H/t11-,12-;/m0./s1. The minimum absolute atomic E-state index is 0. The highest BCUT2D eigenvalue weighted by atomic mass is 35.5. The highest BCUT2D eigenvalue weighted by molar-refractivity contribution is 5.85. The van der Waals surface area contributed by atoms with E-state index in [2.05, 4.69) is 20.8 Å². The second kappa shape index (κ2) is 5.57. The maximum absolute atomic E-state index is 9.99. The van der Waals surface area contributed by atoms with Crippen LogP contribution in [0.1, 0.15) is 38.0 Å². The molecule has 4 N–H and O–H groups in total. The molecule has 2 atom stereocenters. The summed E-state index contributed by atoms with van der Waals surface area (Å²) in [7, 11) is 0. The Morgan fingerprint density at radius 2 is 1.95 bits per heavy atom. The molecule has 0 bridgehead atoms. The van der Waals surface area contributed by atoms with Crippen LogP contribution in [-0.2, 0) is 11.2 Å². The van der Waals surface area contributed by atoms with Gasteiger partial charge in [0, 0.05) is 18.5 Å². The molecule has 0 radical (unpaired) electrons. The van der Waals surface area contributed by atoms with Crippen LogP contribution in [0, 0.1) is 5.41 Å². The number of aromatic hydroxyl groups is 2. The fraction of sp³-hybridized carbons (Fsp3) is 0.571. The monoisotopic (exact) mass is 287 g/mol. The molecule has 1 aromatic rings. The van der Waals surface area contributed by atoms with Gasteiger partial charge in [-0.15, -0.1) is 12.4 Å². The fourth-order valence-electron chi connectivity index (χ4n) is 2.35. The van der Waals surface area contributed by atoms with Gasteiger partial charge in [0.25, 0.3) is 0 Å². The van der Waals surface area contributed by atoms with E-state index in [1.807, 2.05) is 0 Å². The van der Waals surface area contributed by atoms with Crippen molar-refractivity contribution in [1.29, 1.82) is 0 Å². The van der Waals surface area contributed by atoms with Gasteiger partial charge in [-0.25, -0.2) is 0 Å². The van der Waals surface area contributed by atoms with E-state index in [4.69, 9.17) is 10.5 Å². The van der Waals surface area contributed by atoms with Gasteiger partial charge in [-0.3, -0.25) is 0 Å². The Hall–Kier alpha value is -0.970. The van der Waals surface area contributed by atoms with Crippen LogP contribution in [0.5, 0.6) is 11.5 Å². The van der Waals surface area contributed by atoms with Gasteiger partial charge in [0.05, 0.1) is 12.2 Å². The van der Waals surface area contributed by atoms with Crippen LogP contribution in [0.2, 0.25) is 0 Å². The second-order valence-corrected chi connectivity index (χ2v) is 5.92. The number of hydrogen-bond acceptors (Lipinski definition) is 4. The zero-order chi connectivity index (χ0) is 13.5. The molecule has 0 fully saturated rings. The minimum atomic E-state index is -0.218. The van der Waals surface area contributed by atoms with Gasteiger partial charge in [0.1, 0.15) is 0 Å². The van der Waals surface area contributed by atoms with Crippen molar-refractivity contribution in [2.24, 2.45) is 11.1 Å². The summed E-state index contributed by atoms with van der Waals surface area (Å²) >= 11 is 0. The van der Waals surface area contributed by atoms with Crippen molar-refractivity contribution in [2.45, 2.75) is 39.4 Å². The van der Waals surface area contributed by atoms with Crippen LogP contribution in [-0.4, -0.2) is 22.9 Å². The first kappa shape index (κ1) is 16.1. The van der Waals surface area contributed by atoms with E-state index < -0.39 is 0 Å². The number of benzene rings is 1. The average Bonchev–Trinajstić information content (AvgIpc) is 2.31. The molecule has 5 heteroatoms. The average molecular weight is 288 g/mol. The number of phenolic OH excluding ortho intramolecular Hbond substituents is 2. The first-order valence-corrected chi connectivity index (χ1v) is 6.23. The lowest BCUT2D eigenvalue weighted by atomic mass is 9.81. The van der Waals surface area contributed by atoms with Gasteiger partial charge < -0.3 is 20.7 Å². The van der Waals surface area contributed by atoms with Gasteiger partial charge in [-0.05, 0) is 17.0 Å². The Morgan fingerprint density at radius 1 is 1.32 bits per heavy atom. The molecule has 2 rings (SSSR count). The van der Waals surface area contributed by atoms with E-state index in [0.717, 1.165) is 11.1 Å². The molecule has 4 nitrogen and oxygen atoms in total. The predicted octanol–water partition coefficient (Wildman–Crippen LogP) is 2.51. The van der Waals surface area contributed by atoms with Crippen LogP contribution in [0.3, 0.4) is 0 Å². The van der Waals surface area contributed by atoms with Crippen molar-refractivity contribution < 1.29 is 14.9 Å². The molecule has 1 aliphatic heterocycles. The Balaban J connectivity index is 0.00000180. The van der Waals surface area contributed by atoms with Gasteiger partial charge >= 0.3 is 0 Å². The molecular weight excluding hydrogens is 266 g/mol. The second-order valence-electron chi connectivity index (χ2n) is 5.92. The lowest BCUT2D eigenvalue weighted by Crippen LogP contribution is -2.38. The Kier molecular flexibility index (Phi) is 4.72. The normalized spacial score (nSPS) is 22.5. The van der Waals surface area contributed by atoms with Gasteiger partial charge in [-0.1, -0.05) is 26.8 Å². The van der Waals surface area contributed by atoms with Crippen LogP contribution >= 0.6 is 12.4 Å². The van der Waals surface area contributed by atoms with Crippen molar-refractivity contribution in [2.75, 3.05) is 6.54 Å². The summed E-state index contributed by atoms with van der Waals surface area (Å²) in [6.07, 6.45) is 0.353. The fourth-order valence-corrected chi connectivity index (χ4v) is 2.35. The lowest BCUT2D eigenvalue weighted by molar-refractivity contribution is -0.0747. The quantitative estimate of drug-likeness (QED) is 0.694. The smallest absolute Gasteiger partial charge is 0.161 e. The number of phenols is 2. The lowest BCUT2D eigenvalue weighted by Gasteiger charge is -2.39. The molecule has 0 saturated heterocycles. The topological polar surface area (TPSA) is 75.7 Å². The van der Waals surface area contributed by atoms with Gasteiger partial charge in [0.2, 0.25) is 0 Å². The summed E-state index contributed by atoms with van der Waals surface area (Å²) in [4.78, 5) is 0. The third kappa shape index (κ3) is 2.96. The molecular formula is C14H22ClNO3. The van der Waals surface area contributed by atoms with E-state index in [1.54, 1.807) is 6.07 Å². The first-order valence-electron chi connectivity index (χ1n) is 6.23. The zero-order valence-electron chi connectivity index (χ0n) is 11.5. The summed E-state index contributed by atoms with van der Waals surface area (Å²) < 4.78 is 6.00. The summed E-state index contributed by atoms with van der Waals surface area (Å²) in [6.45, 7) is 6.64. The summed E-state index contributed by atoms with van der Waals surface area (Å²) in [5.74, 6) is -0.123. The molecule has 0 unspecified atom stereocenters. The Labute approximate surface area is 120 Å². The van der Waals surface area contributed by atoms with Crippen molar-refractivity contribution in [3.05, 3.63) is 23.3 Å². The molecule has 1 aliphatic rings. The molecule has 0 aromatic heterocycles. The van der Waals surface area contributed by atoms with E-state index >= 15 is 0 Å². The minimum Gasteiger partial charge on any atom is -0.504 e. The number of hydrogen-bond donors (Lipinski definition) is 3. The zero-order valence-corrected chi connectivity index (χ0v) is 12.3. The molecule has 0 amide bonds. The highest BCUT2D eigenvalue weighted by Crippen LogP contribution is 2.43. The summed E-state index contributed by atoms with van der Waals surface area (Å²) in [5.41, 5.74) is 7.35. The van der Waals surface area contributed by atoms with Crippen LogP contribution in [0.4, 0.5) is 0 Å². The number of fused-ring (bicyclic) bond motifs is 1. The predicted molar refractivity (Wildman–Crippen MR) is 76.8 cm³/mol. The maximum atomic E-state index is 9.99. The van der Waals surface area contributed by atoms with Crippen LogP contribution in [0.15, 0.2) is 12.1 Å². The first-order chi connectivity index (χ1) is 8.34. The Morgan fingerprint density at radius 3 is 2.47 bits per heavy atom. The molecule has 0 aliphatic carbocycles. The number of nitrogens with two attached hydrogens (primary N) is 1. The van der Waals surface area contributed by atoms with Crippen molar-refractivity contribution >= 4 is 12.4 Å². The van der Waals surface area contributed by atoms with Gasteiger partial charge in [0.15, 0.2) is 11.5 Å². The molecule has 108 valence electrons. The van der Waals surface area contributed by atoms with Gasteiger partial charge in [-0.2, -0.15) is 0 Å². The van der Waals surface area contributed by atoms with E-state index in [1.165, 1.54) is 6.07 Å². The highest BCUT2D eigenvalue weighted by Gasteiger charge is 2.35. The number of halogens is 1. The molecule has 1 heterocycles. The van der Waals surface area contributed by atoms with Crippen molar-refractivity contribution in [1.82, 2.24) is 0 Å². The molecule has 19 heavy (non-hydrogen) atoms. The maximum Gasteiger partial charge on any atom is 0.161 e. The van der Waals surface area contributed by atoms with E-state index in [-0.39, 0.29) is 41.5 Å². The third-order valence-corrected chi connectivity index (χ3v) is 3.54. The van der Waals surface area contributed by atoms with Crippen LogP contribution in [0.25, 0.3) is 0 Å². The largest absolute Gasteiger partial charge is 0.504 e. The van der Waals surface area contributed by atoms with E-state index in [0.29, 0.717) is 13.0 Å². The SMILES string of the molecule is CC(C)(C)[C@@H]1Cc2c(ccc(O)c2O)[C@H](CN)O1.Cl. The van der Waals surface area contributed by atoms with Crippen LogP contribution < -0.4 is 5.73 Å². The Bertz CT molecular complexity index is 457. The molecule has 0 saturated carbocycles. The molecule has 0 spiro atoms. The number of ether oxygens (including phenoxy) is 1. The third-order valence-electron chi connectivity index (χ3n) is 3.54. The summed E-state index contributed by atoms with van der Waals surface area (Å²) in [6, 6.07) is 3.26. The molecule has 1 aromatic carbocycles. The van der Waals surface area contributed by atoms with Crippen molar-refractivity contribution in [3.63, 3.8) is 0 Å².